The van der Waals surface area contributed by atoms with Crippen molar-refractivity contribution in [1.29, 1.82) is 0 Å². The maximum absolute atomic E-state index is 2.70. The molecule has 0 saturated carbocycles. The number of hydrogen-bond acceptors (Lipinski definition) is 6. The molecule has 6 heteroatoms. The molecule has 6 nitrogen and oxygen atoms in total. The third-order valence-electron chi connectivity index (χ3n) is 8.37. The fraction of sp³-hybridized carbons (Fsp3) is 0.800. The standard InChI is InChI=1S/C30H56N6/c1-30(2)18-22-36(23-19-30)29-25(32(5)6)27-24(31(3)4)28(26(29)33(7)8)35(10)21-17-15-13-11-12-14-16-20-34(27)9/h11-23H2,1-10H3. The lowest BCUT2D eigenvalue weighted by molar-refractivity contribution is 0.280. The first-order valence-electron chi connectivity index (χ1n) is 14.4. The van der Waals surface area contributed by atoms with Crippen LogP contribution in [-0.4, -0.2) is 82.6 Å². The number of anilines is 6. The number of rotatable bonds is 4. The van der Waals surface area contributed by atoms with Gasteiger partial charge in [-0.05, 0) is 31.1 Å². The van der Waals surface area contributed by atoms with E-state index in [1.807, 2.05) is 0 Å². The highest BCUT2D eigenvalue weighted by Gasteiger charge is 2.35. The largest absolute Gasteiger partial charge is 0.374 e. The molecule has 36 heavy (non-hydrogen) atoms. The number of piperidine rings is 1. The maximum atomic E-state index is 2.70. The summed E-state index contributed by atoms with van der Waals surface area (Å²) in [6.45, 7) is 9.28. The topological polar surface area (TPSA) is 19.4 Å². The van der Waals surface area contributed by atoms with Gasteiger partial charge in [0.25, 0.3) is 0 Å². The molecule has 2 aliphatic rings. The SMILES string of the molecule is CN(C)c1c2c(N(C)C)c(N3CCC(C)(C)CC3)c(N(C)C)c1N(C)CCCCCCCCCN2C. The summed E-state index contributed by atoms with van der Waals surface area (Å²) >= 11 is 0. The second-order valence-corrected chi connectivity index (χ2v) is 12.7. The van der Waals surface area contributed by atoms with Crippen LogP contribution < -0.4 is 29.4 Å². The van der Waals surface area contributed by atoms with Gasteiger partial charge in [-0.1, -0.05) is 46.0 Å². The van der Waals surface area contributed by atoms with E-state index in [9.17, 15) is 0 Å². The molecule has 1 aromatic rings. The molecule has 0 N–H and O–H groups in total. The smallest absolute Gasteiger partial charge is 0.0886 e. The molecule has 1 saturated heterocycles. The molecule has 0 atom stereocenters. The van der Waals surface area contributed by atoms with E-state index in [1.165, 1.54) is 91.9 Å². The second-order valence-electron chi connectivity index (χ2n) is 12.7. The molecule has 1 fully saturated rings. The van der Waals surface area contributed by atoms with Gasteiger partial charge in [-0.3, -0.25) is 0 Å². The van der Waals surface area contributed by atoms with Gasteiger partial charge in [-0.2, -0.15) is 0 Å². The van der Waals surface area contributed by atoms with E-state index in [0.29, 0.717) is 5.41 Å². The Hall–Kier alpha value is -1.98. The zero-order chi connectivity index (χ0) is 26.6. The van der Waals surface area contributed by atoms with Crippen LogP contribution in [0.1, 0.15) is 71.6 Å². The average Bonchev–Trinajstić information content (AvgIpc) is 2.80. The molecule has 0 radical (unpaired) electrons. The van der Waals surface area contributed by atoms with E-state index in [4.69, 9.17) is 0 Å². The van der Waals surface area contributed by atoms with Gasteiger partial charge in [-0.25, -0.2) is 0 Å². The molecule has 0 aliphatic carbocycles. The zero-order valence-corrected chi connectivity index (χ0v) is 25.4. The van der Waals surface area contributed by atoms with E-state index in [1.54, 1.807) is 0 Å². The first kappa shape index (κ1) is 28.6. The Kier molecular flexibility index (Phi) is 9.56. The molecule has 2 heterocycles. The van der Waals surface area contributed by atoms with Gasteiger partial charge in [0.05, 0.1) is 34.1 Å². The molecular formula is C30H56N6. The van der Waals surface area contributed by atoms with E-state index in [-0.39, 0.29) is 0 Å². The van der Waals surface area contributed by atoms with Crippen molar-refractivity contribution < 1.29 is 0 Å². The summed E-state index contributed by atoms with van der Waals surface area (Å²) in [5, 5.41) is 0. The average molecular weight is 501 g/mol. The number of fused-ring (bicyclic) bond motifs is 2. The van der Waals surface area contributed by atoms with Crippen molar-refractivity contribution in [3.8, 4) is 0 Å². The van der Waals surface area contributed by atoms with Gasteiger partial charge in [0.2, 0.25) is 0 Å². The molecule has 2 bridgehead atoms. The minimum Gasteiger partial charge on any atom is -0.374 e. The van der Waals surface area contributed by atoms with Gasteiger partial charge >= 0.3 is 0 Å². The molecule has 2 aliphatic heterocycles. The zero-order valence-electron chi connectivity index (χ0n) is 25.4. The molecule has 0 spiro atoms. The lowest BCUT2D eigenvalue weighted by Crippen LogP contribution is -2.40. The normalized spacial score (nSPS) is 19.7. The highest BCUT2D eigenvalue weighted by atomic mass is 15.3. The summed E-state index contributed by atoms with van der Waals surface area (Å²) < 4.78 is 0. The summed E-state index contributed by atoms with van der Waals surface area (Å²) in [5.74, 6) is 0. The predicted molar refractivity (Wildman–Crippen MR) is 164 cm³/mol. The Morgan fingerprint density at radius 3 is 1.19 bits per heavy atom. The summed E-state index contributed by atoms with van der Waals surface area (Å²) in [6, 6.07) is 0. The van der Waals surface area contributed by atoms with Crippen LogP contribution in [-0.2, 0) is 0 Å². The lowest BCUT2D eigenvalue weighted by atomic mass is 9.82. The number of benzene rings is 1. The fourth-order valence-corrected chi connectivity index (χ4v) is 6.11. The summed E-state index contributed by atoms with van der Waals surface area (Å²) in [4.78, 5) is 15.0. The van der Waals surface area contributed by atoms with Crippen LogP contribution in [0.2, 0.25) is 0 Å². The van der Waals surface area contributed by atoms with Crippen molar-refractivity contribution in [2.75, 3.05) is 112 Å². The Balaban J connectivity index is 2.35. The summed E-state index contributed by atoms with van der Waals surface area (Å²) in [6.07, 6.45) is 11.7. The van der Waals surface area contributed by atoms with Crippen molar-refractivity contribution >= 4 is 34.1 Å². The maximum Gasteiger partial charge on any atom is 0.0886 e. The van der Waals surface area contributed by atoms with Gasteiger partial charge < -0.3 is 29.4 Å². The lowest BCUT2D eigenvalue weighted by Gasteiger charge is -2.45. The minimum absolute atomic E-state index is 0.420. The molecule has 0 unspecified atom stereocenters. The summed E-state index contributed by atoms with van der Waals surface area (Å²) in [5.41, 5.74) is 8.70. The van der Waals surface area contributed by atoms with E-state index < -0.39 is 0 Å². The third-order valence-corrected chi connectivity index (χ3v) is 8.37. The van der Waals surface area contributed by atoms with Gasteiger partial charge in [-0.15, -0.1) is 0 Å². The first-order valence-corrected chi connectivity index (χ1v) is 14.4. The van der Waals surface area contributed by atoms with E-state index >= 15 is 0 Å². The second kappa shape index (κ2) is 12.0. The van der Waals surface area contributed by atoms with Crippen LogP contribution in [0, 0.1) is 5.41 Å². The van der Waals surface area contributed by atoms with Crippen molar-refractivity contribution in [1.82, 2.24) is 0 Å². The number of nitrogens with zero attached hydrogens (tertiary/aromatic N) is 6. The van der Waals surface area contributed by atoms with Gasteiger partial charge in [0.15, 0.2) is 0 Å². The first-order chi connectivity index (χ1) is 17.0. The van der Waals surface area contributed by atoms with Crippen molar-refractivity contribution in [3.63, 3.8) is 0 Å². The van der Waals surface area contributed by atoms with Crippen LogP contribution in [0.4, 0.5) is 34.1 Å². The molecule has 0 amide bonds. The van der Waals surface area contributed by atoms with Crippen LogP contribution in [0.3, 0.4) is 0 Å². The van der Waals surface area contributed by atoms with E-state index in [2.05, 4.69) is 99.6 Å². The molecule has 206 valence electrons. The predicted octanol–water partition coefficient (Wildman–Crippen LogP) is 6.13. The Labute approximate surface area is 223 Å². The molecule has 1 aromatic carbocycles. The molecule has 0 aromatic heterocycles. The fourth-order valence-electron chi connectivity index (χ4n) is 6.11. The summed E-state index contributed by atoms with van der Waals surface area (Å²) in [7, 11) is 18.1. The molecule has 3 rings (SSSR count). The minimum atomic E-state index is 0.420. The van der Waals surface area contributed by atoms with Crippen LogP contribution >= 0.6 is 0 Å². The number of hydrogen-bond donors (Lipinski definition) is 0. The van der Waals surface area contributed by atoms with E-state index in [0.717, 1.165) is 26.2 Å². The third kappa shape index (κ3) is 6.28. The van der Waals surface area contributed by atoms with Crippen LogP contribution in [0.15, 0.2) is 0 Å². The monoisotopic (exact) mass is 500 g/mol. The van der Waals surface area contributed by atoms with Crippen molar-refractivity contribution in [2.24, 2.45) is 5.41 Å². The highest BCUT2D eigenvalue weighted by molar-refractivity contribution is 6.09. The Morgan fingerprint density at radius 1 is 0.500 bits per heavy atom. The Morgan fingerprint density at radius 2 is 0.833 bits per heavy atom. The highest BCUT2D eigenvalue weighted by Crippen LogP contribution is 2.57. The van der Waals surface area contributed by atoms with Crippen LogP contribution in [0.25, 0.3) is 0 Å². The van der Waals surface area contributed by atoms with Crippen LogP contribution in [0.5, 0.6) is 0 Å². The molecular weight excluding hydrogens is 444 g/mol. The Bertz CT molecular complexity index is 800. The van der Waals surface area contributed by atoms with Crippen molar-refractivity contribution in [3.05, 3.63) is 0 Å². The van der Waals surface area contributed by atoms with Gasteiger partial charge in [0, 0.05) is 82.6 Å². The van der Waals surface area contributed by atoms with Crippen molar-refractivity contribution in [2.45, 2.75) is 71.6 Å². The quantitative estimate of drug-likeness (QED) is 0.492. The van der Waals surface area contributed by atoms with Gasteiger partial charge in [0.1, 0.15) is 0 Å².